The van der Waals surface area contributed by atoms with E-state index in [-0.39, 0.29) is 6.10 Å². The quantitative estimate of drug-likeness (QED) is 0.375. The van der Waals surface area contributed by atoms with Gasteiger partial charge >= 0.3 is 0 Å². The Morgan fingerprint density at radius 2 is 1.66 bits per heavy atom. The highest BCUT2D eigenvalue weighted by molar-refractivity contribution is 7.80. The summed E-state index contributed by atoms with van der Waals surface area (Å²) in [7, 11) is 1.83. The summed E-state index contributed by atoms with van der Waals surface area (Å²) in [5.41, 5.74) is 8.56. The minimum atomic E-state index is 0.289. The molecule has 0 radical (unpaired) electrons. The van der Waals surface area contributed by atoms with Gasteiger partial charge in [-0.25, -0.2) is 0 Å². The first kappa shape index (κ1) is 19.9. The summed E-state index contributed by atoms with van der Waals surface area (Å²) in [6, 6.07) is 0.921. The van der Waals surface area contributed by atoms with E-state index in [1.54, 1.807) is 0 Å². The van der Waals surface area contributed by atoms with Crippen LogP contribution in [-0.2, 0) is 9.47 Å². The highest BCUT2D eigenvalue weighted by atomic mass is 32.1. The Balaban J connectivity index is 1.27. The number of ether oxygens (including phenoxy) is 2. The SMILES string of the molecule is C=C(C(COC1CC2CCC(C1)N2C(N)=S)=C(OC)C1CC1)C1CCC2CC2C1. The Morgan fingerprint density at radius 3 is 2.24 bits per heavy atom. The molecule has 0 aromatic rings. The van der Waals surface area contributed by atoms with E-state index in [9.17, 15) is 0 Å². The molecule has 5 atom stereocenters. The van der Waals surface area contributed by atoms with Crippen LogP contribution in [0.4, 0.5) is 0 Å². The van der Waals surface area contributed by atoms with Crippen LogP contribution >= 0.6 is 12.2 Å². The molecule has 3 saturated carbocycles. The van der Waals surface area contributed by atoms with Crippen molar-refractivity contribution in [2.45, 2.75) is 82.4 Å². The number of thiocarbonyl (C=S) groups is 1. The minimum Gasteiger partial charge on any atom is -0.500 e. The lowest BCUT2D eigenvalue weighted by Crippen LogP contribution is -2.50. The molecular formula is C24H36N2O2S. The van der Waals surface area contributed by atoms with Crippen molar-refractivity contribution in [3.63, 3.8) is 0 Å². The van der Waals surface area contributed by atoms with E-state index in [0.29, 0.717) is 35.6 Å². The summed E-state index contributed by atoms with van der Waals surface area (Å²) in [4.78, 5) is 2.27. The molecule has 4 nitrogen and oxygen atoms in total. The average molecular weight is 417 g/mol. The number of nitrogens with zero attached hydrogens (tertiary/aromatic N) is 1. The molecule has 5 unspecified atom stereocenters. The van der Waals surface area contributed by atoms with Crippen molar-refractivity contribution >= 4 is 17.3 Å². The molecule has 2 bridgehead atoms. The van der Waals surface area contributed by atoms with Crippen molar-refractivity contribution in [3.05, 3.63) is 23.5 Å². The second-order valence-corrected chi connectivity index (χ2v) is 10.6. The lowest BCUT2D eigenvalue weighted by molar-refractivity contribution is 0.00863. The topological polar surface area (TPSA) is 47.7 Å². The number of allylic oxidation sites excluding steroid dienone is 1. The van der Waals surface area contributed by atoms with Crippen LogP contribution < -0.4 is 5.73 Å². The van der Waals surface area contributed by atoms with Gasteiger partial charge in [0.2, 0.25) is 0 Å². The van der Waals surface area contributed by atoms with E-state index in [4.69, 9.17) is 27.4 Å². The average Bonchev–Trinajstić information content (AvgIpc) is 3.61. The molecular weight excluding hydrogens is 380 g/mol. The minimum absolute atomic E-state index is 0.289. The van der Waals surface area contributed by atoms with Gasteiger partial charge in [-0.05, 0) is 99.8 Å². The third-order valence-electron chi connectivity index (χ3n) is 8.30. The predicted octanol–water partition coefficient (Wildman–Crippen LogP) is 4.54. The van der Waals surface area contributed by atoms with Crippen molar-refractivity contribution in [2.24, 2.45) is 29.4 Å². The van der Waals surface area contributed by atoms with Crippen LogP contribution in [0.3, 0.4) is 0 Å². The molecule has 0 aromatic carbocycles. The zero-order valence-corrected chi connectivity index (χ0v) is 18.6. The van der Waals surface area contributed by atoms with Crippen LogP contribution in [0.2, 0.25) is 0 Å². The molecule has 5 heteroatoms. The normalized spacial score (nSPS) is 38.9. The van der Waals surface area contributed by atoms with Crippen molar-refractivity contribution in [2.75, 3.05) is 13.7 Å². The molecule has 5 aliphatic rings. The monoisotopic (exact) mass is 416 g/mol. The van der Waals surface area contributed by atoms with Gasteiger partial charge in [-0.15, -0.1) is 0 Å². The largest absolute Gasteiger partial charge is 0.500 e. The number of rotatable bonds is 7. The standard InChI is InChI=1S/C24H36N2O2S/c1-14(16-5-6-17-10-18(17)9-16)22(23(27-2)15-3-4-15)13-28-21-11-19-7-8-20(12-21)26(19)24(25)29/h15-21H,1,3-13H2,2H3,(H2,25,29). The molecule has 29 heavy (non-hydrogen) atoms. The first-order chi connectivity index (χ1) is 14.0. The van der Waals surface area contributed by atoms with Crippen LogP contribution in [0.5, 0.6) is 0 Å². The van der Waals surface area contributed by atoms with Crippen LogP contribution in [-0.4, -0.2) is 41.9 Å². The number of methoxy groups -OCH3 is 1. The van der Waals surface area contributed by atoms with Gasteiger partial charge in [0.1, 0.15) is 5.76 Å². The van der Waals surface area contributed by atoms with Gasteiger partial charge < -0.3 is 20.1 Å². The Hall–Kier alpha value is -1.07. The van der Waals surface area contributed by atoms with E-state index < -0.39 is 0 Å². The smallest absolute Gasteiger partial charge is 0.166 e. The fraction of sp³-hybridized carbons (Fsp3) is 0.792. The molecule has 2 aliphatic heterocycles. The van der Waals surface area contributed by atoms with Crippen molar-refractivity contribution in [1.29, 1.82) is 0 Å². The maximum atomic E-state index is 6.55. The maximum absolute atomic E-state index is 6.55. The number of hydrogen-bond acceptors (Lipinski definition) is 3. The predicted molar refractivity (Wildman–Crippen MR) is 119 cm³/mol. The Kier molecular flexibility index (Phi) is 5.40. The Bertz CT molecular complexity index is 702. The number of piperidine rings is 1. The molecule has 2 saturated heterocycles. The molecule has 160 valence electrons. The van der Waals surface area contributed by atoms with Gasteiger partial charge in [-0.2, -0.15) is 0 Å². The van der Waals surface area contributed by atoms with E-state index in [1.165, 1.54) is 62.5 Å². The number of fused-ring (bicyclic) bond motifs is 3. The van der Waals surface area contributed by atoms with E-state index in [0.717, 1.165) is 30.4 Å². The molecule has 5 fully saturated rings. The molecule has 2 N–H and O–H groups in total. The fourth-order valence-corrected chi connectivity index (χ4v) is 6.74. The van der Waals surface area contributed by atoms with Crippen LogP contribution in [0, 0.1) is 23.7 Å². The molecule has 3 aliphatic carbocycles. The lowest BCUT2D eigenvalue weighted by atomic mass is 9.81. The van der Waals surface area contributed by atoms with Gasteiger partial charge in [0.15, 0.2) is 5.11 Å². The first-order valence-electron chi connectivity index (χ1n) is 11.7. The van der Waals surface area contributed by atoms with Gasteiger partial charge in [-0.1, -0.05) is 6.58 Å². The third kappa shape index (κ3) is 3.97. The Labute approximate surface area is 180 Å². The van der Waals surface area contributed by atoms with E-state index in [1.807, 2.05) is 7.11 Å². The second-order valence-electron chi connectivity index (χ2n) is 10.1. The van der Waals surface area contributed by atoms with E-state index >= 15 is 0 Å². The van der Waals surface area contributed by atoms with Gasteiger partial charge in [-0.3, -0.25) is 0 Å². The zero-order chi connectivity index (χ0) is 20.1. The maximum Gasteiger partial charge on any atom is 0.166 e. The summed E-state index contributed by atoms with van der Waals surface area (Å²) in [6.45, 7) is 5.25. The van der Waals surface area contributed by atoms with E-state index in [2.05, 4.69) is 11.5 Å². The summed E-state index contributed by atoms with van der Waals surface area (Å²) < 4.78 is 12.5. The van der Waals surface area contributed by atoms with Gasteiger partial charge in [0.25, 0.3) is 0 Å². The molecule has 5 rings (SSSR count). The van der Waals surface area contributed by atoms with Gasteiger partial charge in [0.05, 0.1) is 19.8 Å². The third-order valence-corrected chi connectivity index (χ3v) is 8.51. The summed E-state index contributed by atoms with van der Waals surface area (Å²) in [5, 5.41) is 0.566. The lowest BCUT2D eigenvalue weighted by Gasteiger charge is -2.39. The van der Waals surface area contributed by atoms with Gasteiger partial charge in [0, 0.05) is 23.6 Å². The summed E-state index contributed by atoms with van der Waals surface area (Å²) >= 11 is 5.29. The molecule has 0 aromatic heterocycles. The number of nitrogens with two attached hydrogens (primary N) is 1. The summed E-state index contributed by atoms with van der Waals surface area (Å²) in [5.74, 6) is 4.34. The van der Waals surface area contributed by atoms with Crippen LogP contribution in [0.15, 0.2) is 23.5 Å². The molecule has 0 spiro atoms. The van der Waals surface area contributed by atoms with Crippen molar-refractivity contribution in [3.8, 4) is 0 Å². The fourth-order valence-electron chi connectivity index (χ4n) is 6.44. The van der Waals surface area contributed by atoms with Crippen LogP contribution in [0.1, 0.15) is 64.2 Å². The molecule has 0 amide bonds. The summed E-state index contributed by atoms with van der Waals surface area (Å²) in [6.07, 6.45) is 12.7. The second kappa shape index (κ2) is 7.88. The highest BCUT2D eigenvalue weighted by Crippen LogP contribution is 2.54. The highest BCUT2D eigenvalue weighted by Gasteiger charge is 2.44. The zero-order valence-electron chi connectivity index (χ0n) is 17.8. The Morgan fingerprint density at radius 1 is 0.966 bits per heavy atom. The van der Waals surface area contributed by atoms with Crippen molar-refractivity contribution in [1.82, 2.24) is 4.90 Å². The van der Waals surface area contributed by atoms with Crippen LogP contribution in [0.25, 0.3) is 0 Å². The first-order valence-corrected chi connectivity index (χ1v) is 12.1. The molecule has 2 heterocycles. The number of hydrogen-bond donors (Lipinski definition) is 1. The van der Waals surface area contributed by atoms with Crippen molar-refractivity contribution < 1.29 is 9.47 Å².